The van der Waals surface area contributed by atoms with E-state index in [4.69, 9.17) is 14.2 Å². The lowest BCUT2D eigenvalue weighted by atomic mass is 9.46. The fraction of sp³-hybridized carbons (Fsp3) is 0.690. The summed E-state index contributed by atoms with van der Waals surface area (Å²) in [5.41, 5.74) is 0.649. The van der Waals surface area contributed by atoms with Crippen molar-refractivity contribution in [3.05, 3.63) is 29.5 Å². The molecule has 0 aliphatic heterocycles. The Hall–Kier alpha value is -1.75. The van der Waals surface area contributed by atoms with Crippen molar-refractivity contribution in [1.29, 1.82) is 0 Å². The maximum atomic E-state index is 13.0. The SMILES string of the molecule is CCCC[Si](C)(C)c1cc(OC)c([C@@H]2C=C(OC(=O)C(C)(C)CC)[C@@H]3C[C@H]2C3(C)C)c(OC)c1. The zero-order valence-corrected chi connectivity index (χ0v) is 24.1. The molecule has 5 heteroatoms. The van der Waals surface area contributed by atoms with Gasteiger partial charge in [-0.15, -0.1) is 0 Å². The van der Waals surface area contributed by atoms with Crippen molar-refractivity contribution < 1.29 is 19.0 Å². The van der Waals surface area contributed by atoms with E-state index in [1.165, 1.54) is 24.1 Å². The van der Waals surface area contributed by atoms with Crippen LogP contribution in [0, 0.1) is 22.7 Å². The average Bonchev–Trinajstić information content (AvgIpc) is 2.80. The molecule has 1 fully saturated rings. The predicted molar refractivity (Wildman–Crippen MR) is 143 cm³/mol. The molecule has 3 aliphatic rings. The van der Waals surface area contributed by atoms with Gasteiger partial charge in [0.2, 0.25) is 0 Å². The first-order valence-corrected chi connectivity index (χ1v) is 16.2. The van der Waals surface area contributed by atoms with Gasteiger partial charge in [0.05, 0.1) is 27.7 Å². The molecule has 2 bridgehead atoms. The summed E-state index contributed by atoms with van der Waals surface area (Å²) in [4.78, 5) is 13.0. The van der Waals surface area contributed by atoms with Gasteiger partial charge < -0.3 is 14.2 Å². The summed E-state index contributed by atoms with van der Waals surface area (Å²) < 4.78 is 18.1. The smallest absolute Gasteiger partial charge is 0.316 e. The number of esters is 1. The third-order valence-corrected chi connectivity index (χ3v) is 12.4. The highest BCUT2D eigenvalue weighted by molar-refractivity contribution is 6.89. The largest absolute Gasteiger partial charge is 0.496 e. The Bertz CT molecular complexity index is 918. The normalized spacial score (nSPS) is 23.6. The van der Waals surface area contributed by atoms with Gasteiger partial charge in [-0.2, -0.15) is 0 Å². The average molecular weight is 487 g/mol. The van der Waals surface area contributed by atoms with Gasteiger partial charge in [0, 0.05) is 17.4 Å². The van der Waals surface area contributed by atoms with E-state index in [0.29, 0.717) is 5.92 Å². The molecule has 34 heavy (non-hydrogen) atoms. The lowest BCUT2D eigenvalue weighted by Gasteiger charge is -2.58. The molecule has 0 spiro atoms. The highest BCUT2D eigenvalue weighted by atomic mass is 28.3. The van der Waals surface area contributed by atoms with Crippen LogP contribution in [0.25, 0.3) is 0 Å². The molecular formula is C29H46O4Si. The van der Waals surface area contributed by atoms with Crippen LogP contribution in [0.15, 0.2) is 24.0 Å². The molecule has 4 rings (SSSR count). The molecule has 190 valence electrons. The Morgan fingerprint density at radius 1 is 1.12 bits per heavy atom. The summed E-state index contributed by atoms with van der Waals surface area (Å²) in [6, 6.07) is 5.78. The second kappa shape index (κ2) is 9.71. The van der Waals surface area contributed by atoms with Gasteiger partial charge in [0.25, 0.3) is 0 Å². The maximum Gasteiger partial charge on any atom is 0.316 e. The Kier molecular flexibility index (Phi) is 7.67. The molecule has 1 saturated carbocycles. The van der Waals surface area contributed by atoms with Crippen LogP contribution < -0.4 is 14.7 Å². The second-order valence-corrected chi connectivity index (χ2v) is 17.1. The number of ether oxygens (including phenoxy) is 3. The molecule has 4 nitrogen and oxygen atoms in total. The van der Waals surface area contributed by atoms with Crippen molar-refractivity contribution in [3.63, 3.8) is 0 Å². The van der Waals surface area contributed by atoms with E-state index < -0.39 is 13.5 Å². The number of unbranched alkanes of at least 4 members (excludes halogenated alkanes) is 1. The fourth-order valence-corrected chi connectivity index (χ4v) is 8.23. The van der Waals surface area contributed by atoms with E-state index in [0.717, 1.165) is 35.7 Å². The number of carbonyl (C=O) groups is 1. The summed E-state index contributed by atoms with van der Waals surface area (Å²) >= 11 is 0. The lowest BCUT2D eigenvalue weighted by Crippen LogP contribution is -2.52. The topological polar surface area (TPSA) is 44.8 Å². The molecule has 1 aromatic rings. The Morgan fingerprint density at radius 2 is 1.71 bits per heavy atom. The summed E-state index contributed by atoms with van der Waals surface area (Å²) in [7, 11) is 1.91. The third kappa shape index (κ3) is 4.69. The third-order valence-electron chi connectivity index (χ3n) is 8.93. The van der Waals surface area contributed by atoms with Crippen molar-refractivity contribution in [3.8, 4) is 11.5 Å². The Balaban J connectivity index is 2.07. The van der Waals surface area contributed by atoms with Crippen molar-refractivity contribution in [2.45, 2.75) is 92.3 Å². The molecule has 0 saturated heterocycles. The number of fused-ring (bicyclic) bond motifs is 1. The second-order valence-electron chi connectivity index (χ2n) is 12.2. The highest BCUT2D eigenvalue weighted by Gasteiger charge is 2.58. The number of allylic oxidation sites excluding steroid dienone is 2. The minimum Gasteiger partial charge on any atom is -0.496 e. The number of hydrogen-bond acceptors (Lipinski definition) is 4. The summed E-state index contributed by atoms with van der Waals surface area (Å²) in [6.07, 6.45) is 6.42. The van der Waals surface area contributed by atoms with Crippen molar-refractivity contribution in [2.75, 3.05) is 14.2 Å². The van der Waals surface area contributed by atoms with E-state index in [1.54, 1.807) is 14.2 Å². The molecule has 3 atom stereocenters. The molecule has 0 radical (unpaired) electrons. The van der Waals surface area contributed by atoms with Gasteiger partial charge in [0.1, 0.15) is 17.3 Å². The summed E-state index contributed by atoms with van der Waals surface area (Å²) in [5.74, 6) is 3.31. The Labute approximate surface area is 208 Å². The van der Waals surface area contributed by atoms with E-state index in [1.807, 2.05) is 20.8 Å². The van der Waals surface area contributed by atoms with Gasteiger partial charge >= 0.3 is 5.97 Å². The first-order chi connectivity index (χ1) is 15.8. The van der Waals surface area contributed by atoms with Gasteiger partial charge in [0.15, 0.2) is 0 Å². The quantitative estimate of drug-likeness (QED) is 0.263. The number of benzene rings is 1. The van der Waals surface area contributed by atoms with Crippen LogP contribution in [0.4, 0.5) is 0 Å². The van der Waals surface area contributed by atoms with Crippen LogP contribution in [0.2, 0.25) is 19.1 Å². The first kappa shape index (κ1) is 26.8. The summed E-state index contributed by atoms with van der Waals surface area (Å²) in [5, 5.41) is 1.38. The van der Waals surface area contributed by atoms with Crippen LogP contribution in [-0.2, 0) is 9.53 Å². The molecule has 0 aromatic heterocycles. The molecule has 0 amide bonds. The van der Waals surface area contributed by atoms with Crippen molar-refractivity contribution >= 4 is 19.2 Å². The van der Waals surface area contributed by atoms with Crippen LogP contribution in [0.5, 0.6) is 11.5 Å². The number of hydrogen-bond donors (Lipinski definition) is 0. The van der Waals surface area contributed by atoms with Crippen LogP contribution in [0.1, 0.15) is 78.7 Å². The first-order valence-electron chi connectivity index (χ1n) is 13.0. The molecule has 1 aromatic carbocycles. The van der Waals surface area contributed by atoms with Crippen molar-refractivity contribution in [2.24, 2.45) is 22.7 Å². The van der Waals surface area contributed by atoms with Gasteiger partial charge in [-0.25, -0.2) is 0 Å². The van der Waals surface area contributed by atoms with Crippen LogP contribution in [-0.4, -0.2) is 28.3 Å². The van der Waals surface area contributed by atoms with E-state index in [-0.39, 0.29) is 23.2 Å². The number of rotatable bonds is 10. The minimum absolute atomic E-state index is 0.0508. The molecular weight excluding hydrogens is 440 g/mol. The standard InChI is InChI=1S/C29H46O4Si/c1-11-13-14-34(9,10)19-15-24(31-7)26(25(16-19)32-8)20-17-23(22-18-21(20)29(22,5)6)33-27(30)28(3,4)12-2/h15-17,20-22H,11-14,18H2,1-10H3/t20-,21-,22+/m1/s1. The fourth-order valence-electron chi connectivity index (χ4n) is 5.66. The van der Waals surface area contributed by atoms with Gasteiger partial charge in [-0.3, -0.25) is 4.79 Å². The van der Waals surface area contributed by atoms with E-state index >= 15 is 0 Å². The zero-order valence-electron chi connectivity index (χ0n) is 23.1. The molecule has 3 aliphatic carbocycles. The van der Waals surface area contributed by atoms with Crippen LogP contribution in [0.3, 0.4) is 0 Å². The van der Waals surface area contributed by atoms with Crippen molar-refractivity contribution in [1.82, 2.24) is 0 Å². The predicted octanol–water partition coefficient (Wildman–Crippen LogP) is 7.04. The molecule has 0 unspecified atom stereocenters. The van der Waals surface area contributed by atoms with E-state index in [2.05, 4.69) is 52.1 Å². The monoisotopic (exact) mass is 486 g/mol. The number of methoxy groups -OCH3 is 2. The zero-order chi connectivity index (χ0) is 25.5. The van der Waals surface area contributed by atoms with Crippen LogP contribution >= 0.6 is 0 Å². The minimum atomic E-state index is -1.61. The number of carbonyl (C=O) groups excluding carboxylic acids is 1. The summed E-state index contributed by atoms with van der Waals surface area (Å²) in [6.45, 7) is 17.7. The molecule has 0 N–H and O–H groups in total. The van der Waals surface area contributed by atoms with E-state index in [9.17, 15) is 4.79 Å². The van der Waals surface area contributed by atoms with Gasteiger partial charge in [-0.1, -0.05) is 64.9 Å². The molecule has 0 heterocycles. The Morgan fingerprint density at radius 3 is 2.18 bits per heavy atom. The highest BCUT2D eigenvalue weighted by Crippen LogP contribution is 2.65. The maximum absolute atomic E-state index is 13.0. The lowest BCUT2D eigenvalue weighted by molar-refractivity contribution is -0.155. The van der Waals surface area contributed by atoms with Gasteiger partial charge in [-0.05, 0) is 56.2 Å².